The molecule has 0 N–H and O–H groups in total. The molecular formula is C22H18O5S. The fraction of sp³-hybridized carbons (Fsp3) is 0.0909. The van der Waals surface area contributed by atoms with Crippen LogP contribution in [0.3, 0.4) is 0 Å². The second-order valence-corrected chi connectivity index (χ2v) is 6.68. The molecule has 0 spiro atoms. The van der Waals surface area contributed by atoms with Gasteiger partial charge < -0.3 is 14.2 Å². The van der Waals surface area contributed by atoms with Crippen LogP contribution in [0.4, 0.5) is 0 Å². The normalized spacial score (nSPS) is 10.6. The Kier molecular flexibility index (Phi) is 6.24. The maximum absolute atomic E-state index is 12.3. The van der Waals surface area contributed by atoms with Gasteiger partial charge in [-0.15, -0.1) is 11.3 Å². The van der Waals surface area contributed by atoms with Gasteiger partial charge in [-0.2, -0.15) is 0 Å². The summed E-state index contributed by atoms with van der Waals surface area (Å²) in [6.07, 6.45) is 3.30. The van der Waals surface area contributed by atoms with E-state index in [4.69, 9.17) is 14.2 Å². The standard InChI is InChI=1S/C22H18O5S/c1-25-20-12-7-16(14-21(20)26-2)22(24)27-17-8-5-15(6-9-17)19(23)11-10-18-4-3-13-28-18/h3-14H,1-2H3. The smallest absolute Gasteiger partial charge is 0.343 e. The molecular weight excluding hydrogens is 376 g/mol. The van der Waals surface area contributed by atoms with Crippen LogP contribution in [0.15, 0.2) is 66.1 Å². The van der Waals surface area contributed by atoms with Gasteiger partial charge in [-0.25, -0.2) is 4.79 Å². The maximum atomic E-state index is 12.3. The number of carbonyl (C=O) groups is 2. The molecule has 0 fully saturated rings. The average molecular weight is 394 g/mol. The molecule has 0 aliphatic carbocycles. The monoisotopic (exact) mass is 394 g/mol. The van der Waals surface area contributed by atoms with Crippen molar-refractivity contribution in [3.05, 3.63) is 82.1 Å². The molecule has 5 nitrogen and oxygen atoms in total. The van der Waals surface area contributed by atoms with E-state index in [1.807, 2.05) is 17.5 Å². The number of carbonyl (C=O) groups excluding carboxylic acids is 2. The number of esters is 1. The van der Waals surface area contributed by atoms with E-state index in [1.54, 1.807) is 59.9 Å². The van der Waals surface area contributed by atoms with Crippen LogP contribution in [0.1, 0.15) is 25.6 Å². The lowest BCUT2D eigenvalue weighted by molar-refractivity contribution is 0.0734. The van der Waals surface area contributed by atoms with Crippen LogP contribution in [0.5, 0.6) is 17.2 Å². The van der Waals surface area contributed by atoms with Crippen LogP contribution in [0.25, 0.3) is 6.08 Å². The molecule has 3 rings (SSSR count). The minimum Gasteiger partial charge on any atom is -0.493 e. The van der Waals surface area contributed by atoms with Gasteiger partial charge in [0.1, 0.15) is 5.75 Å². The summed E-state index contributed by atoms with van der Waals surface area (Å²) in [5.74, 6) is 0.662. The first-order chi connectivity index (χ1) is 13.6. The first-order valence-electron chi connectivity index (χ1n) is 8.41. The highest BCUT2D eigenvalue weighted by Gasteiger charge is 2.13. The van der Waals surface area contributed by atoms with Gasteiger partial charge in [0, 0.05) is 10.4 Å². The first kappa shape index (κ1) is 19.4. The Morgan fingerprint density at radius 1 is 0.893 bits per heavy atom. The Labute approximate surface area is 166 Å². The fourth-order valence-corrected chi connectivity index (χ4v) is 3.07. The van der Waals surface area contributed by atoms with Crippen molar-refractivity contribution < 1.29 is 23.8 Å². The third-order valence-corrected chi connectivity index (χ3v) is 4.75. The Bertz CT molecular complexity index is 988. The molecule has 6 heteroatoms. The zero-order valence-corrected chi connectivity index (χ0v) is 16.2. The number of benzene rings is 2. The summed E-state index contributed by atoms with van der Waals surface area (Å²) < 4.78 is 15.7. The van der Waals surface area contributed by atoms with Crippen LogP contribution < -0.4 is 14.2 Å². The third-order valence-electron chi connectivity index (χ3n) is 3.91. The lowest BCUT2D eigenvalue weighted by atomic mass is 10.1. The van der Waals surface area contributed by atoms with Gasteiger partial charge in [0.05, 0.1) is 19.8 Å². The number of methoxy groups -OCH3 is 2. The number of ether oxygens (including phenoxy) is 3. The molecule has 0 aliphatic rings. The molecule has 0 radical (unpaired) electrons. The molecule has 0 saturated heterocycles. The van der Waals surface area contributed by atoms with E-state index < -0.39 is 5.97 Å². The molecule has 28 heavy (non-hydrogen) atoms. The highest BCUT2D eigenvalue weighted by Crippen LogP contribution is 2.28. The Morgan fingerprint density at radius 3 is 2.25 bits per heavy atom. The van der Waals surface area contributed by atoms with E-state index in [-0.39, 0.29) is 5.78 Å². The summed E-state index contributed by atoms with van der Waals surface area (Å²) in [6.45, 7) is 0. The van der Waals surface area contributed by atoms with Crippen LogP contribution >= 0.6 is 11.3 Å². The van der Waals surface area contributed by atoms with Crippen molar-refractivity contribution in [3.63, 3.8) is 0 Å². The zero-order chi connectivity index (χ0) is 19.9. The molecule has 0 aliphatic heterocycles. The lowest BCUT2D eigenvalue weighted by Gasteiger charge is -2.09. The Balaban J connectivity index is 1.67. The number of ketones is 1. The summed E-state index contributed by atoms with van der Waals surface area (Å²) in [5, 5.41) is 1.95. The van der Waals surface area contributed by atoms with Crippen LogP contribution in [-0.4, -0.2) is 26.0 Å². The molecule has 0 saturated carbocycles. The van der Waals surface area contributed by atoms with Gasteiger partial charge in [-0.3, -0.25) is 4.79 Å². The lowest BCUT2D eigenvalue weighted by Crippen LogP contribution is -2.09. The van der Waals surface area contributed by atoms with Crippen molar-refractivity contribution >= 4 is 29.2 Å². The van der Waals surface area contributed by atoms with Crippen LogP contribution in [0, 0.1) is 0 Å². The second-order valence-electron chi connectivity index (χ2n) is 5.70. The molecule has 142 valence electrons. The first-order valence-corrected chi connectivity index (χ1v) is 9.29. The molecule has 0 unspecified atom stereocenters. The number of rotatable bonds is 7. The summed E-state index contributed by atoms with van der Waals surface area (Å²) in [6, 6.07) is 15.1. The minimum atomic E-state index is -0.530. The highest BCUT2D eigenvalue weighted by atomic mass is 32.1. The van der Waals surface area contributed by atoms with E-state index in [9.17, 15) is 9.59 Å². The van der Waals surface area contributed by atoms with Crippen LogP contribution in [-0.2, 0) is 0 Å². The second kappa shape index (κ2) is 9.01. The van der Waals surface area contributed by atoms with Gasteiger partial charge in [-0.05, 0) is 66.1 Å². The van der Waals surface area contributed by atoms with Gasteiger partial charge in [0.2, 0.25) is 0 Å². The fourth-order valence-electron chi connectivity index (χ4n) is 2.46. The summed E-state index contributed by atoms with van der Waals surface area (Å²) in [4.78, 5) is 25.6. The molecule has 0 bridgehead atoms. The SMILES string of the molecule is COc1ccc(C(=O)Oc2ccc(C(=O)C=Cc3cccs3)cc2)cc1OC. The largest absolute Gasteiger partial charge is 0.493 e. The Hall–Kier alpha value is -3.38. The molecule has 1 heterocycles. The highest BCUT2D eigenvalue weighted by molar-refractivity contribution is 7.10. The van der Waals surface area contributed by atoms with E-state index in [2.05, 4.69) is 0 Å². The van der Waals surface area contributed by atoms with Crippen molar-refractivity contribution in [2.75, 3.05) is 14.2 Å². The number of thiophene rings is 1. The predicted molar refractivity (Wildman–Crippen MR) is 109 cm³/mol. The van der Waals surface area contributed by atoms with E-state index in [0.717, 1.165) is 4.88 Å². The summed E-state index contributed by atoms with van der Waals surface area (Å²) in [7, 11) is 3.02. The number of allylic oxidation sites excluding steroid dienone is 1. The van der Waals surface area contributed by atoms with Crippen molar-refractivity contribution in [2.24, 2.45) is 0 Å². The van der Waals surface area contributed by atoms with Gasteiger partial charge in [-0.1, -0.05) is 6.07 Å². The minimum absolute atomic E-state index is 0.119. The zero-order valence-electron chi connectivity index (χ0n) is 15.4. The average Bonchev–Trinajstić information content (AvgIpc) is 3.25. The number of hydrogen-bond donors (Lipinski definition) is 0. The van der Waals surface area contributed by atoms with Crippen LogP contribution in [0.2, 0.25) is 0 Å². The molecule has 1 aromatic heterocycles. The van der Waals surface area contributed by atoms with Gasteiger partial charge in [0.15, 0.2) is 17.3 Å². The molecule has 2 aromatic carbocycles. The van der Waals surface area contributed by atoms with E-state index in [0.29, 0.717) is 28.4 Å². The maximum Gasteiger partial charge on any atom is 0.343 e. The predicted octanol–water partition coefficient (Wildman–Crippen LogP) is 4.88. The summed E-state index contributed by atoms with van der Waals surface area (Å²) in [5.41, 5.74) is 0.843. The summed E-state index contributed by atoms with van der Waals surface area (Å²) >= 11 is 1.56. The van der Waals surface area contributed by atoms with Crippen molar-refractivity contribution in [2.45, 2.75) is 0 Å². The number of hydrogen-bond acceptors (Lipinski definition) is 6. The quantitative estimate of drug-likeness (QED) is 0.247. The van der Waals surface area contributed by atoms with Gasteiger partial charge in [0.25, 0.3) is 0 Å². The van der Waals surface area contributed by atoms with Crippen molar-refractivity contribution in [1.29, 1.82) is 0 Å². The van der Waals surface area contributed by atoms with Crippen molar-refractivity contribution in [1.82, 2.24) is 0 Å². The molecule has 0 atom stereocenters. The van der Waals surface area contributed by atoms with Gasteiger partial charge >= 0.3 is 5.97 Å². The Morgan fingerprint density at radius 2 is 1.61 bits per heavy atom. The molecule has 3 aromatic rings. The molecule has 0 amide bonds. The topological polar surface area (TPSA) is 61.8 Å². The third kappa shape index (κ3) is 4.66. The van der Waals surface area contributed by atoms with E-state index >= 15 is 0 Å². The van der Waals surface area contributed by atoms with Crippen molar-refractivity contribution in [3.8, 4) is 17.2 Å². The van der Waals surface area contributed by atoms with E-state index in [1.165, 1.54) is 20.3 Å².